The summed E-state index contributed by atoms with van der Waals surface area (Å²) in [7, 11) is 3.21. The van der Waals surface area contributed by atoms with Crippen molar-refractivity contribution in [3.63, 3.8) is 0 Å². The van der Waals surface area contributed by atoms with E-state index in [0.717, 1.165) is 12.1 Å². The quantitative estimate of drug-likeness (QED) is 0.766. The molecule has 0 aliphatic heterocycles. The first-order valence-electron chi connectivity index (χ1n) is 8.26. The second-order valence-corrected chi connectivity index (χ2v) is 6.06. The molecule has 2 rings (SSSR count). The van der Waals surface area contributed by atoms with E-state index in [1.807, 2.05) is 18.2 Å². The molecular weight excluding hydrogens is 318 g/mol. The van der Waals surface area contributed by atoms with Crippen molar-refractivity contribution in [3.8, 4) is 11.5 Å². The highest BCUT2D eigenvalue weighted by Crippen LogP contribution is 2.30. The van der Waals surface area contributed by atoms with Gasteiger partial charge in [-0.2, -0.15) is 0 Å². The smallest absolute Gasteiger partial charge is 0.252 e. The van der Waals surface area contributed by atoms with Crippen molar-refractivity contribution in [2.24, 2.45) is 5.92 Å². The molecule has 0 aliphatic carbocycles. The van der Waals surface area contributed by atoms with Gasteiger partial charge in [0.1, 0.15) is 17.3 Å². The van der Waals surface area contributed by atoms with Gasteiger partial charge in [0.2, 0.25) is 0 Å². The van der Waals surface area contributed by atoms with Crippen LogP contribution in [0.2, 0.25) is 0 Å². The van der Waals surface area contributed by atoms with Crippen LogP contribution in [-0.4, -0.2) is 31.7 Å². The summed E-state index contributed by atoms with van der Waals surface area (Å²) in [6.07, 6.45) is 2.51. The summed E-state index contributed by atoms with van der Waals surface area (Å²) in [4.78, 5) is 16.4. The highest BCUT2D eigenvalue weighted by molar-refractivity contribution is 5.94. The Hall–Kier alpha value is -2.76. The number of ether oxygens (including phenoxy) is 2. The van der Waals surface area contributed by atoms with Gasteiger partial charge in [0.15, 0.2) is 0 Å². The average Bonchev–Trinajstić information content (AvgIpc) is 2.61. The third-order valence-corrected chi connectivity index (χ3v) is 3.70. The lowest BCUT2D eigenvalue weighted by atomic mass is 10.1. The molecule has 0 aliphatic rings. The Labute approximate surface area is 148 Å². The molecular formula is C19H25N3O3. The summed E-state index contributed by atoms with van der Waals surface area (Å²) in [6, 6.07) is 8.97. The number of carbonyl (C=O) groups excluding carboxylic acids is 1. The highest BCUT2D eigenvalue weighted by atomic mass is 16.5. The molecule has 1 aromatic carbocycles. The first-order chi connectivity index (χ1) is 12.0. The number of aromatic nitrogens is 1. The van der Waals surface area contributed by atoms with Crippen LogP contribution in [0.5, 0.6) is 11.5 Å². The molecule has 134 valence electrons. The molecule has 0 fully saturated rings. The Balaban J connectivity index is 2.04. The van der Waals surface area contributed by atoms with Crippen molar-refractivity contribution < 1.29 is 14.3 Å². The highest BCUT2D eigenvalue weighted by Gasteiger charge is 2.09. The largest absolute Gasteiger partial charge is 0.497 e. The van der Waals surface area contributed by atoms with Crippen LogP contribution in [-0.2, 0) is 0 Å². The molecule has 1 aromatic heterocycles. The molecule has 0 unspecified atom stereocenters. The number of anilines is 2. The van der Waals surface area contributed by atoms with Gasteiger partial charge in [-0.1, -0.05) is 13.8 Å². The summed E-state index contributed by atoms with van der Waals surface area (Å²) >= 11 is 0. The maximum Gasteiger partial charge on any atom is 0.252 e. The first-order valence-corrected chi connectivity index (χ1v) is 8.26. The molecule has 0 atom stereocenters. The number of benzene rings is 1. The Morgan fingerprint density at radius 1 is 1.16 bits per heavy atom. The van der Waals surface area contributed by atoms with E-state index in [0.29, 0.717) is 35.3 Å². The summed E-state index contributed by atoms with van der Waals surface area (Å²) in [6.45, 7) is 4.92. The summed E-state index contributed by atoms with van der Waals surface area (Å²) in [5.41, 5.74) is 1.27. The van der Waals surface area contributed by atoms with E-state index in [2.05, 4.69) is 29.5 Å². The summed E-state index contributed by atoms with van der Waals surface area (Å²) in [5, 5.41) is 6.07. The third-order valence-electron chi connectivity index (χ3n) is 3.70. The van der Waals surface area contributed by atoms with Gasteiger partial charge < -0.3 is 20.1 Å². The molecule has 1 heterocycles. The fourth-order valence-electron chi connectivity index (χ4n) is 2.23. The van der Waals surface area contributed by atoms with Gasteiger partial charge >= 0.3 is 0 Å². The maximum absolute atomic E-state index is 12.1. The minimum Gasteiger partial charge on any atom is -0.497 e. The number of nitrogens with one attached hydrogen (secondary N) is 2. The van der Waals surface area contributed by atoms with E-state index in [1.54, 1.807) is 32.5 Å². The van der Waals surface area contributed by atoms with Crippen molar-refractivity contribution >= 4 is 17.4 Å². The number of nitrogens with zero attached hydrogens (tertiary/aromatic N) is 1. The molecule has 0 bridgehead atoms. The predicted octanol–water partition coefficient (Wildman–Crippen LogP) is 3.62. The van der Waals surface area contributed by atoms with Crippen LogP contribution >= 0.6 is 0 Å². The normalized spacial score (nSPS) is 10.4. The van der Waals surface area contributed by atoms with E-state index >= 15 is 0 Å². The Morgan fingerprint density at radius 3 is 2.56 bits per heavy atom. The molecule has 0 spiro atoms. The van der Waals surface area contributed by atoms with Crippen LogP contribution in [0.1, 0.15) is 30.6 Å². The summed E-state index contributed by atoms with van der Waals surface area (Å²) in [5.74, 6) is 2.45. The van der Waals surface area contributed by atoms with Gasteiger partial charge in [-0.15, -0.1) is 0 Å². The van der Waals surface area contributed by atoms with E-state index in [-0.39, 0.29) is 5.91 Å². The molecule has 0 radical (unpaired) electrons. The van der Waals surface area contributed by atoms with Crippen LogP contribution in [0.25, 0.3) is 0 Å². The van der Waals surface area contributed by atoms with Gasteiger partial charge in [-0.3, -0.25) is 4.79 Å². The molecule has 6 nitrogen and oxygen atoms in total. The second kappa shape index (κ2) is 8.92. The Bertz CT molecular complexity index is 700. The van der Waals surface area contributed by atoms with Crippen LogP contribution in [0.4, 0.5) is 11.5 Å². The minimum atomic E-state index is -0.112. The number of methoxy groups -OCH3 is 2. The van der Waals surface area contributed by atoms with E-state index in [9.17, 15) is 4.79 Å². The van der Waals surface area contributed by atoms with Crippen molar-refractivity contribution in [3.05, 3.63) is 42.1 Å². The van der Waals surface area contributed by atoms with Crippen molar-refractivity contribution in [1.29, 1.82) is 0 Å². The maximum atomic E-state index is 12.1. The lowest BCUT2D eigenvalue weighted by molar-refractivity contribution is 0.0951. The molecule has 2 N–H and O–H groups in total. The number of hydrogen-bond acceptors (Lipinski definition) is 5. The lowest BCUT2D eigenvalue weighted by Crippen LogP contribution is -2.25. The molecule has 0 saturated heterocycles. The van der Waals surface area contributed by atoms with E-state index in [1.165, 1.54) is 0 Å². The van der Waals surface area contributed by atoms with Crippen LogP contribution in [0, 0.1) is 5.92 Å². The van der Waals surface area contributed by atoms with Crippen LogP contribution in [0.15, 0.2) is 36.5 Å². The van der Waals surface area contributed by atoms with Crippen LogP contribution in [0.3, 0.4) is 0 Å². The summed E-state index contributed by atoms with van der Waals surface area (Å²) < 4.78 is 10.6. The van der Waals surface area contributed by atoms with Gasteiger partial charge in [0.05, 0.1) is 25.5 Å². The molecule has 2 aromatic rings. The van der Waals surface area contributed by atoms with E-state index < -0.39 is 0 Å². The van der Waals surface area contributed by atoms with Crippen molar-refractivity contribution in [2.75, 3.05) is 26.1 Å². The third kappa shape index (κ3) is 5.38. The number of pyridine rings is 1. The SMILES string of the molecule is COc1ccc(OC)c(Nc2ccc(C(=O)NCCC(C)C)cn2)c1. The van der Waals surface area contributed by atoms with Gasteiger partial charge in [-0.25, -0.2) is 4.98 Å². The van der Waals surface area contributed by atoms with Crippen LogP contribution < -0.4 is 20.1 Å². The number of hydrogen-bond donors (Lipinski definition) is 2. The fourth-order valence-corrected chi connectivity index (χ4v) is 2.23. The van der Waals surface area contributed by atoms with Crippen molar-refractivity contribution in [2.45, 2.75) is 20.3 Å². The first kappa shape index (κ1) is 18.6. The zero-order valence-electron chi connectivity index (χ0n) is 15.1. The Morgan fingerprint density at radius 2 is 1.96 bits per heavy atom. The molecule has 25 heavy (non-hydrogen) atoms. The Kier molecular flexibility index (Phi) is 6.62. The lowest BCUT2D eigenvalue weighted by Gasteiger charge is -2.12. The van der Waals surface area contributed by atoms with Crippen molar-refractivity contribution in [1.82, 2.24) is 10.3 Å². The van der Waals surface area contributed by atoms with Gasteiger partial charge in [0, 0.05) is 18.8 Å². The van der Waals surface area contributed by atoms with E-state index in [4.69, 9.17) is 9.47 Å². The zero-order chi connectivity index (χ0) is 18.2. The predicted molar refractivity (Wildman–Crippen MR) is 98.9 cm³/mol. The van der Waals surface area contributed by atoms with Gasteiger partial charge in [0.25, 0.3) is 5.91 Å². The number of rotatable bonds is 8. The topological polar surface area (TPSA) is 72.5 Å². The monoisotopic (exact) mass is 343 g/mol. The molecule has 0 saturated carbocycles. The second-order valence-electron chi connectivity index (χ2n) is 6.06. The van der Waals surface area contributed by atoms with Gasteiger partial charge in [-0.05, 0) is 36.6 Å². The number of amides is 1. The fraction of sp³-hybridized carbons (Fsp3) is 0.368. The average molecular weight is 343 g/mol. The molecule has 6 heteroatoms. The minimum absolute atomic E-state index is 0.112. The standard InChI is InChI=1S/C19H25N3O3/c1-13(2)9-10-20-19(23)14-5-8-18(21-12-14)22-16-11-15(24-3)6-7-17(16)25-4/h5-8,11-13H,9-10H2,1-4H3,(H,20,23)(H,21,22). The molecule has 1 amide bonds. The zero-order valence-corrected chi connectivity index (χ0v) is 15.1. The number of carbonyl (C=O) groups is 1.